The molecule has 1 aromatic heterocycles. The van der Waals surface area contributed by atoms with Gasteiger partial charge >= 0.3 is 0 Å². The maximum Gasteiger partial charge on any atom is 0.252 e. The van der Waals surface area contributed by atoms with Crippen LogP contribution in [0.4, 0.5) is 0 Å². The molecule has 1 atom stereocenters. The van der Waals surface area contributed by atoms with E-state index in [2.05, 4.69) is 15.5 Å². The molecule has 3 fully saturated rings. The number of carbonyl (C=O) groups is 3. The van der Waals surface area contributed by atoms with Crippen molar-refractivity contribution < 1.29 is 22.8 Å². The van der Waals surface area contributed by atoms with Crippen molar-refractivity contribution in [3.63, 3.8) is 0 Å². The van der Waals surface area contributed by atoms with E-state index in [-0.39, 0.29) is 41.5 Å². The van der Waals surface area contributed by atoms with Gasteiger partial charge in [-0.15, -0.1) is 10.2 Å². The molecule has 10 nitrogen and oxygen atoms in total. The first-order chi connectivity index (χ1) is 14.2. The van der Waals surface area contributed by atoms with Gasteiger partial charge in [0.15, 0.2) is 15.0 Å². The van der Waals surface area contributed by atoms with E-state index in [1.165, 1.54) is 16.7 Å². The van der Waals surface area contributed by atoms with Gasteiger partial charge in [-0.1, -0.05) is 31.0 Å². The second-order valence-corrected chi connectivity index (χ2v) is 11.4. The molecule has 2 saturated heterocycles. The van der Waals surface area contributed by atoms with Gasteiger partial charge in [-0.2, -0.15) is 0 Å². The van der Waals surface area contributed by atoms with E-state index in [1.54, 1.807) is 11.6 Å². The van der Waals surface area contributed by atoms with E-state index in [1.807, 2.05) is 0 Å². The van der Waals surface area contributed by atoms with Gasteiger partial charge in [0.1, 0.15) is 17.9 Å². The van der Waals surface area contributed by atoms with Crippen LogP contribution in [0.2, 0.25) is 0 Å². The summed E-state index contributed by atoms with van der Waals surface area (Å²) in [5, 5.41) is 11.2. The van der Waals surface area contributed by atoms with Crippen molar-refractivity contribution in [1.82, 2.24) is 25.0 Å². The van der Waals surface area contributed by atoms with Crippen molar-refractivity contribution in [3.05, 3.63) is 5.82 Å². The number of nitrogens with one attached hydrogen (secondary N) is 1. The number of thioether (sulfide) groups is 1. The third-order valence-electron chi connectivity index (χ3n) is 6.27. The number of carbonyl (C=O) groups excluding carboxylic acids is 3. The first kappa shape index (κ1) is 21.3. The fraction of sp³-hybridized carbons (Fsp3) is 0.722. The summed E-state index contributed by atoms with van der Waals surface area (Å²) >= 11 is 1.18. The minimum Gasteiger partial charge on any atom is -0.318 e. The van der Waals surface area contributed by atoms with E-state index >= 15 is 0 Å². The molecule has 2 aliphatic heterocycles. The zero-order valence-corrected chi connectivity index (χ0v) is 18.4. The predicted octanol–water partition coefficient (Wildman–Crippen LogP) is -0.00280. The van der Waals surface area contributed by atoms with Crippen LogP contribution >= 0.6 is 11.8 Å². The van der Waals surface area contributed by atoms with Crippen LogP contribution in [0.1, 0.15) is 50.3 Å². The molecule has 164 valence electrons. The molecule has 30 heavy (non-hydrogen) atoms. The van der Waals surface area contributed by atoms with Crippen molar-refractivity contribution in [2.24, 2.45) is 7.05 Å². The maximum atomic E-state index is 13.0. The Labute approximate surface area is 179 Å². The van der Waals surface area contributed by atoms with Crippen molar-refractivity contribution in [2.75, 3.05) is 23.8 Å². The lowest BCUT2D eigenvalue weighted by molar-refractivity contribution is -0.158. The Bertz CT molecular complexity index is 983. The number of rotatable bonds is 4. The zero-order valence-electron chi connectivity index (χ0n) is 16.8. The molecule has 12 heteroatoms. The molecule has 3 amide bonds. The Balaban J connectivity index is 1.46. The van der Waals surface area contributed by atoms with Gasteiger partial charge < -0.3 is 9.47 Å². The highest BCUT2D eigenvalue weighted by molar-refractivity contribution is 7.99. The lowest BCUT2D eigenvalue weighted by Crippen LogP contribution is -2.69. The topological polar surface area (TPSA) is 131 Å². The van der Waals surface area contributed by atoms with Gasteiger partial charge in [0, 0.05) is 13.0 Å². The molecule has 3 heterocycles. The number of hydrogen-bond donors (Lipinski definition) is 1. The first-order valence-corrected chi connectivity index (χ1v) is 12.9. The molecule has 4 rings (SSSR count). The van der Waals surface area contributed by atoms with E-state index in [0.717, 1.165) is 19.3 Å². The molecule has 1 aliphatic carbocycles. The van der Waals surface area contributed by atoms with Gasteiger partial charge in [0.2, 0.25) is 11.8 Å². The Kier molecular flexibility index (Phi) is 5.64. The van der Waals surface area contributed by atoms with E-state index in [4.69, 9.17) is 0 Å². The molecule has 1 saturated carbocycles. The molecular weight excluding hydrogens is 430 g/mol. The van der Waals surface area contributed by atoms with E-state index in [0.29, 0.717) is 30.2 Å². The van der Waals surface area contributed by atoms with Crippen LogP contribution in [0.25, 0.3) is 0 Å². The average Bonchev–Trinajstić information content (AvgIpc) is 3.25. The number of aromatic nitrogens is 3. The summed E-state index contributed by atoms with van der Waals surface area (Å²) in [6.07, 6.45) is 4.34. The van der Waals surface area contributed by atoms with Crippen LogP contribution in [0.3, 0.4) is 0 Å². The number of amides is 3. The number of hydrogen-bond acceptors (Lipinski definition) is 8. The fourth-order valence-corrected chi connectivity index (χ4v) is 7.20. The number of nitrogens with zero attached hydrogens (tertiary/aromatic N) is 4. The summed E-state index contributed by atoms with van der Waals surface area (Å²) in [5.74, 6) is -0.462. The minimum atomic E-state index is -3.04. The van der Waals surface area contributed by atoms with Crippen LogP contribution in [0.15, 0.2) is 5.16 Å². The second-order valence-electron chi connectivity index (χ2n) is 8.24. The molecule has 0 radical (unpaired) electrons. The normalized spacial score (nSPS) is 25.5. The largest absolute Gasteiger partial charge is 0.318 e. The summed E-state index contributed by atoms with van der Waals surface area (Å²) in [4.78, 5) is 39.0. The molecule has 1 spiro atoms. The monoisotopic (exact) mass is 455 g/mol. The lowest BCUT2D eigenvalue weighted by atomic mass is 9.78. The SMILES string of the molecule is Cn1c(SCC(=O)N2CC(=O)NC(=O)C23CCCCC3)nnc1[C@H]1CCS(=O)(=O)C1. The number of sulfone groups is 1. The molecule has 0 bridgehead atoms. The van der Waals surface area contributed by atoms with Crippen LogP contribution < -0.4 is 5.32 Å². The quantitative estimate of drug-likeness (QED) is 0.496. The van der Waals surface area contributed by atoms with Crippen LogP contribution in [0.5, 0.6) is 0 Å². The van der Waals surface area contributed by atoms with Crippen LogP contribution in [-0.4, -0.2) is 75.1 Å². The highest BCUT2D eigenvalue weighted by Crippen LogP contribution is 2.36. The van der Waals surface area contributed by atoms with Crippen molar-refractivity contribution in [1.29, 1.82) is 0 Å². The standard InChI is InChI=1S/C18H25N5O5S2/c1-22-15(12-5-8-30(27,28)11-12)20-21-17(22)29-10-14(25)23-9-13(24)19-16(26)18(23)6-3-2-4-7-18/h12H,2-11H2,1H3,(H,19,24,26)/t12-/m0/s1. The highest BCUT2D eigenvalue weighted by Gasteiger charge is 2.50. The average molecular weight is 456 g/mol. The number of imide groups is 1. The van der Waals surface area contributed by atoms with E-state index in [9.17, 15) is 22.8 Å². The van der Waals surface area contributed by atoms with Crippen molar-refractivity contribution >= 4 is 39.3 Å². The summed E-state index contributed by atoms with van der Waals surface area (Å²) in [6.45, 7) is -0.116. The summed E-state index contributed by atoms with van der Waals surface area (Å²) in [5.41, 5.74) is -0.937. The lowest BCUT2D eigenvalue weighted by Gasteiger charge is -2.47. The summed E-state index contributed by atoms with van der Waals surface area (Å²) in [6, 6.07) is 0. The molecule has 3 aliphatic rings. The van der Waals surface area contributed by atoms with Gasteiger partial charge in [0.25, 0.3) is 5.91 Å². The third-order valence-corrected chi connectivity index (χ3v) is 9.04. The van der Waals surface area contributed by atoms with Crippen molar-refractivity contribution in [2.45, 2.75) is 55.1 Å². The first-order valence-electron chi connectivity index (χ1n) is 10.1. The highest BCUT2D eigenvalue weighted by atomic mass is 32.2. The minimum absolute atomic E-state index is 0.0250. The fourth-order valence-electron chi connectivity index (χ4n) is 4.67. The number of piperazine rings is 1. The molecule has 1 aromatic rings. The Morgan fingerprint density at radius 1 is 1.23 bits per heavy atom. The predicted molar refractivity (Wildman–Crippen MR) is 108 cm³/mol. The molecule has 0 unspecified atom stereocenters. The Morgan fingerprint density at radius 2 is 1.97 bits per heavy atom. The Morgan fingerprint density at radius 3 is 2.63 bits per heavy atom. The van der Waals surface area contributed by atoms with Gasteiger partial charge in [-0.25, -0.2) is 8.42 Å². The third kappa shape index (κ3) is 3.86. The molecular formula is C18H25N5O5S2. The van der Waals surface area contributed by atoms with Crippen LogP contribution in [-0.2, 0) is 31.3 Å². The van der Waals surface area contributed by atoms with Gasteiger partial charge in [0.05, 0.1) is 17.3 Å². The van der Waals surface area contributed by atoms with Crippen molar-refractivity contribution in [3.8, 4) is 0 Å². The van der Waals surface area contributed by atoms with E-state index < -0.39 is 21.3 Å². The van der Waals surface area contributed by atoms with Gasteiger partial charge in [-0.3, -0.25) is 19.7 Å². The zero-order chi connectivity index (χ0) is 21.5. The van der Waals surface area contributed by atoms with Crippen LogP contribution in [0, 0.1) is 0 Å². The molecule has 1 N–H and O–H groups in total. The summed E-state index contributed by atoms with van der Waals surface area (Å²) < 4.78 is 25.2. The molecule has 0 aromatic carbocycles. The smallest absolute Gasteiger partial charge is 0.252 e. The summed E-state index contributed by atoms with van der Waals surface area (Å²) in [7, 11) is -1.28. The maximum absolute atomic E-state index is 13.0. The Hall–Kier alpha value is -1.95. The van der Waals surface area contributed by atoms with Gasteiger partial charge in [-0.05, 0) is 19.3 Å². The second kappa shape index (κ2) is 7.95.